The van der Waals surface area contributed by atoms with Crippen LogP contribution in [0.3, 0.4) is 0 Å². The van der Waals surface area contributed by atoms with Crippen LogP contribution in [0, 0.1) is 17.3 Å². The van der Waals surface area contributed by atoms with Crippen LogP contribution in [0.2, 0.25) is 0 Å². The van der Waals surface area contributed by atoms with Gasteiger partial charge in [0.25, 0.3) is 5.91 Å². The number of fused-ring (bicyclic) bond motifs is 1. The van der Waals surface area contributed by atoms with Crippen LogP contribution >= 0.6 is 0 Å². The summed E-state index contributed by atoms with van der Waals surface area (Å²) in [6, 6.07) is 19.9. The Bertz CT molecular complexity index is 930. The number of nitrogens with two attached hydrogens (primary N) is 1. The lowest BCUT2D eigenvalue weighted by Crippen LogP contribution is -2.58. The molecule has 2 saturated carbocycles. The topological polar surface area (TPSA) is 78.6 Å². The first-order chi connectivity index (χ1) is 15.5. The van der Waals surface area contributed by atoms with Gasteiger partial charge in [-0.15, -0.1) is 0 Å². The van der Waals surface area contributed by atoms with Crippen molar-refractivity contribution in [3.8, 4) is 0 Å². The lowest BCUT2D eigenvalue weighted by atomic mass is 9.72. The molecule has 0 bridgehead atoms. The minimum absolute atomic E-state index is 0.0727. The molecule has 1 saturated heterocycles. The number of rotatable bonds is 7. The SMILES string of the molecule is NC(NC(=O)[C@](O)(c1ccccc1)C1CCCCC1)C12CC1CN(Cc1ccccc1)C2. The molecule has 0 aromatic heterocycles. The standard InChI is InChI=1S/C27H35N3O2/c28-24(26-16-23(26)18-30(19-26)17-20-10-4-1-5-11-20)29-25(31)27(32,21-12-6-2-7-13-21)22-14-8-3-9-15-22/h1-2,4-7,10-13,22-24,32H,3,8-9,14-19,28H2,(H,29,31)/t23?,24?,26?,27-/m0/s1. The molecule has 4 atom stereocenters. The van der Waals surface area contributed by atoms with Gasteiger partial charge in [0.2, 0.25) is 0 Å². The van der Waals surface area contributed by atoms with E-state index < -0.39 is 11.8 Å². The lowest BCUT2D eigenvalue weighted by molar-refractivity contribution is -0.150. The number of hydrogen-bond donors (Lipinski definition) is 3. The Morgan fingerprint density at radius 1 is 1.09 bits per heavy atom. The van der Waals surface area contributed by atoms with Crippen LogP contribution in [-0.4, -0.2) is 35.2 Å². The summed E-state index contributed by atoms with van der Waals surface area (Å²) in [4.78, 5) is 16.1. The quantitative estimate of drug-likeness (QED) is 0.585. The predicted octanol–water partition coefficient (Wildman–Crippen LogP) is 3.38. The molecule has 3 aliphatic rings. The Labute approximate surface area is 191 Å². The summed E-state index contributed by atoms with van der Waals surface area (Å²) in [6.07, 6.45) is 5.62. The third-order valence-corrected chi connectivity index (χ3v) is 8.19. The van der Waals surface area contributed by atoms with Crippen molar-refractivity contribution < 1.29 is 9.90 Å². The molecule has 4 N–H and O–H groups in total. The van der Waals surface area contributed by atoms with Crippen LogP contribution in [0.4, 0.5) is 0 Å². The van der Waals surface area contributed by atoms with Gasteiger partial charge in [0.05, 0.1) is 6.17 Å². The highest BCUT2D eigenvalue weighted by atomic mass is 16.3. The largest absolute Gasteiger partial charge is 0.375 e. The average Bonchev–Trinajstić information content (AvgIpc) is 3.42. The number of benzene rings is 2. The molecule has 5 heteroatoms. The van der Waals surface area contributed by atoms with Crippen LogP contribution in [0.1, 0.15) is 49.7 Å². The summed E-state index contributed by atoms with van der Waals surface area (Å²) in [6.45, 7) is 2.82. The van der Waals surface area contributed by atoms with Crippen molar-refractivity contribution in [1.82, 2.24) is 10.2 Å². The number of amides is 1. The molecule has 2 aromatic carbocycles. The van der Waals surface area contributed by atoms with E-state index in [-0.39, 0.29) is 17.2 Å². The second-order valence-corrected chi connectivity index (χ2v) is 10.2. The van der Waals surface area contributed by atoms with E-state index in [1.807, 2.05) is 36.4 Å². The molecule has 5 rings (SSSR count). The molecule has 32 heavy (non-hydrogen) atoms. The van der Waals surface area contributed by atoms with E-state index in [1.54, 1.807) is 0 Å². The number of hydrogen-bond acceptors (Lipinski definition) is 4. The average molecular weight is 434 g/mol. The maximum atomic E-state index is 13.6. The predicted molar refractivity (Wildman–Crippen MR) is 125 cm³/mol. The van der Waals surface area contributed by atoms with Crippen LogP contribution < -0.4 is 11.1 Å². The molecule has 0 spiro atoms. The van der Waals surface area contributed by atoms with Gasteiger partial charge in [-0.1, -0.05) is 79.9 Å². The first kappa shape index (κ1) is 21.6. The zero-order chi connectivity index (χ0) is 22.2. The van der Waals surface area contributed by atoms with E-state index in [1.165, 1.54) is 12.0 Å². The minimum atomic E-state index is -1.53. The third-order valence-electron chi connectivity index (χ3n) is 8.19. The molecular weight excluding hydrogens is 398 g/mol. The van der Waals surface area contributed by atoms with Crippen LogP contribution in [-0.2, 0) is 16.9 Å². The number of likely N-dealkylation sites (tertiary alicyclic amines) is 1. The maximum Gasteiger partial charge on any atom is 0.258 e. The van der Waals surface area contributed by atoms with Gasteiger partial charge < -0.3 is 16.2 Å². The fourth-order valence-corrected chi connectivity index (χ4v) is 6.23. The van der Waals surface area contributed by atoms with Crippen molar-refractivity contribution in [3.63, 3.8) is 0 Å². The van der Waals surface area contributed by atoms with Gasteiger partial charge in [-0.05, 0) is 36.3 Å². The highest BCUT2D eigenvalue weighted by Gasteiger charge is 2.63. The van der Waals surface area contributed by atoms with Crippen molar-refractivity contribution in [1.29, 1.82) is 0 Å². The van der Waals surface area contributed by atoms with Gasteiger partial charge in [0, 0.05) is 31.0 Å². The summed E-state index contributed by atoms with van der Waals surface area (Å²) in [5.74, 6) is 0.113. The Morgan fingerprint density at radius 2 is 1.75 bits per heavy atom. The van der Waals surface area contributed by atoms with Gasteiger partial charge in [0.1, 0.15) is 0 Å². The molecule has 3 unspecified atom stereocenters. The monoisotopic (exact) mass is 433 g/mol. The number of carbonyl (C=O) groups excluding carboxylic acids is 1. The third kappa shape index (κ3) is 3.87. The van der Waals surface area contributed by atoms with Crippen LogP contribution in [0.15, 0.2) is 60.7 Å². The summed E-state index contributed by atoms with van der Waals surface area (Å²) in [5.41, 5.74) is 7.03. The van der Waals surface area contributed by atoms with Crippen molar-refractivity contribution >= 4 is 5.91 Å². The van der Waals surface area contributed by atoms with Gasteiger partial charge in [-0.25, -0.2) is 0 Å². The number of nitrogens with one attached hydrogen (secondary N) is 1. The first-order valence-corrected chi connectivity index (χ1v) is 12.1. The van der Waals surface area contributed by atoms with Crippen molar-refractivity contribution in [2.75, 3.05) is 13.1 Å². The van der Waals surface area contributed by atoms with Crippen LogP contribution in [0.25, 0.3) is 0 Å². The zero-order valence-electron chi connectivity index (χ0n) is 18.7. The second kappa shape index (κ2) is 8.62. The zero-order valence-corrected chi connectivity index (χ0v) is 18.7. The highest BCUT2D eigenvalue weighted by Crippen LogP contribution is 2.59. The number of aliphatic hydroxyl groups is 1. The lowest BCUT2D eigenvalue weighted by Gasteiger charge is -2.39. The summed E-state index contributed by atoms with van der Waals surface area (Å²) in [5, 5.41) is 14.9. The second-order valence-electron chi connectivity index (χ2n) is 10.2. The molecule has 1 amide bonds. The fraction of sp³-hybridized carbons (Fsp3) is 0.519. The molecule has 0 radical (unpaired) electrons. The normalized spacial score (nSPS) is 28.5. The molecule has 5 nitrogen and oxygen atoms in total. The molecular formula is C27H35N3O2. The molecule has 2 aromatic rings. The Balaban J connectivity index is 1.30. The van der Waals surface area contributed by atoms with Gasteiger partial charge in [-0.3, -0.25) is 9.69 Å². The van der Waals surface area contributed by atoms with Gasteiger partial charge in [0.15, 0.2) is 5.60 Å². The van der Waals surface area contributed by atoms with E-state index in [2.05, 4.69) is 34.5 Å². The van der Waals surface area contributed by atoms with E-state index in [4.69, 9.17) is 5.73 Å². The molecule has 3 fully saturated rings. The van der Waals surface area contributed by atoms with E-state index in [0.717, 1.165) is 51.7 Å². The summed E-state index contributed by atoms with van der Waals surface area (Å²) >= 11 is 0. The Morgan fingerprint density at radius 3 is 2.44 bits per heavy atom. The number of nitrogens with zero attached hydrogens (tertiary/aromatic N) is 1. The van der Waals surface area contributed by atoms with Crippen molar-refractivity contribution in [2.24, 2.45) is 23.0 Å². The number of piperidine rings is 1. The van der Waals surface area contributed by atoms with Crippen LogP contribution in [0.5, 0.6) is 0 Å². The smallest absolute Gasteiger partial charge is 0.258 e. The van der Waals surface area contributed by atoms with E-state index >= 15 is 0 Å². The fourth-order valence-electron chi connectivity index (χ4n) is 6.23. The summed E-state index contributed by atoms with van der Waals surface area (Å²) in [7, 11) is 0. The molecule has 2 aliphatic carbocycles. The Kier molecular flexibility index (Phi) is 5.82. The highest BCUT2D eigenvalue weighted by molar-refractivity contribution is 5.87. The molecule has 1 heterocycles. The van der Waals surface area contributed by atoms with Gasteiger partial charge in [-0.2, -0.15) is 0 Å². The van der Waals surface area contributed by atoms with E-state index in [0.29, 0.717) is 11.5 Å². The first-order valence-electron chi connectivity index (χ1n) is 12.1. The van der Waals surface area contributed by atoms with E-state index in [9.17, 15) is 9.90 Å². The molecule has 1 aliphatic heterocycles. The van der Waals surface area contributed by atoms with Gasteiger partial charge >= 0.3 is 0 Å². The molecule has 170 valence electrons. The maximum absolute atomic E-state index is 13.6. The Hall–Kier alpha value is -2.21. The number of carbonyl (C=O) groups is 1. The van der Waals surface area contributed by atoms with Crippen molar-refractivity contribution in [3.05, 3.63) is 71.8 Å². The minimum Gasteiger partial charge on any atom is -0.375 e. The summed E-state index contributed by atoms with van der Waals surface area (Å²) < 4.78 is 0. The van der Waals surface area contributed by atoms with Crippen molar-refractivity contribution in [2.45, 2.75) is 56.8 Å².